The summed E-state index contributed by atoms with van der Waals surface area (Å²) in [5.74, 6) is 1.42. The number of benzene rings is 1. The number of hydrogen-bond acceptors (Lipinski definition) is 7. The average Bonchev–Trinajstić information content (AvgIpc) is 3.11. The Kier molecular flexibility index (Phi) is 7.57. The number of fused-ring (bicyclic) bond motifs is 1. The van der Waals surface area contributed by atoms with Gasteiger partial charge in [-0.1, -0.05) is 56.0 Å². The molecule has 1 amide bonds. The molecule has 0 aliphatic carbocycles. The van der Waals surface area contributed by atoms with Crippen LogP contribution in [0.4, 0.5) is 5.82 Å². The molecule has 2 aromatic heterocycles. The topological polar surface area (TPSA) is 75.9 Å². The van der Waals surface area contributed by atoms with E-state index in [-0.39, 0.29) is 11.5 Å². The molecule has 1 fully saturated rings. The summed E-state index contributed by atoms with van der Waals surface area (Å²) < 4.78 is 7.20. The minimum absolute atomic E-state index is 0.197. The van der Waals surface area contributed by atoms with Crippen LogP contribution in [0.5, 0.6) is 5.75 Å². The third kappa shape index (κ3) is 5.57. The lowest BCUT2D eigenvalue weighted by molar-refractivity contribution is -0.122. The number of thioether (sulfide) groups is 1. The standard InChI is InChI=1S/C26H28N4O3S2/c1-16(2)14-27-23-20(24(31)30-15-17(3)5-10-22(30)28-23)13-21-25(32)29(26(34)35-21)12-11-18-6-8-19(33-4)9-7-18/h5-10,13,15-16,27H,11-12,14H2,1-4H3. The zero-order chi connectivity index (χ0) is 25.1. The highest BCUT2D eigenvalue weighted by molar-refractivity contribution is 8.26. The summed E-state index contributed by atoms with van der Waals surface area (Å²) in [6.45, 7) is 7.19. The SMILES string of the molecule is COc1ccc(CCN2C(=O)C(=Cc3c(NCC(C)C)nc4ccc(C)cn4c3=O)SC2=S)cc1. The summed E-state index contributed by atoms with van der Waals surface area (Å²) in [6.07, 6.45) is 4.04. The molecule has 0 saturated carbocycles. The number of nitrogens with one attached hydrogen (secondary N) is 1. The summed E-state index contributed by atoms with van der Waals surface area (Å²) in [7, 11) is 1.63. The minimum Gasteiger partial charge on any atom is -0.497 e. The van der Waals surface area contributed by atoms with E-state index in [1.807, 2.05) is 43.3 Å². The Morgan fingerprint density at radius 2 is 1.91 bits per heavy atom. The van der Waals surface area contributed by atoms with Gasteiger partial charge in [-0.05, 0) is 54.7 Å². The van der Waals surface area contributed by atoms with Gasteiger partial charge in [0.05, 0.1) is 17.6 Å². The lowest BCUT2D eigenvalue weighted by Gasteiger charge is -2.14. The molecule has 1 aromatic carbocycles. The first-order valence-corrected chi connectivity index (χ1v) is 12.6. The average molecular weight is 509 g/mol. The number of hydrogen-bond donors (Lipinski definition) is 1. The summed E-state index contributed by atoms with van der Waals surface area (Å²) in [6, 6.07) is 11.5. The second kappa shape index (κ2) is 10.6. The molecule has 9 heteroatoms. The Balaban J connectivity index is 1.64. The Bertz CT molecular complexity index is 1360. The molecule has 1 aliphatic rings. The van der Waals surface area contributed by atoms with Gasteiger partial charge in [0, 0.05) is 19.3 Å². The fourth-order valence-electron chi connectivity index (χ4n) is 3.68. The van der Waals surface area contributed by atoms with E-state index in [0.717, 1.165) is 16.9 Å². The van der Waals surface area contributed by atoms with Crippen molar-refractivity contribution in [1.29, 1.82) is 0 Å². The van der Waals surface area contributed by atoms with Crippen molar-refractivity contribution in [3.63, 3.8) is 0 Å². The monoisotopic (exact) mass is 508 g/mol. The number of aryl methyl sites for hydroxylation is 1. The number of carbonyl (C=O) groups excluding carboxylic acids is 1. The van der Waals surface area contributed by atoms with Crippen LogP contribution in [0.1, 0.15) is 30.5 Å². The number of ether oxygens (including phenoxy) is 1. The number of carbonyl (C=O) groups is 1. The highest BCUT2D eigenvalue weighted by Crippen LogP contribution is 2.33. The van der Waals surface area contributed by atoms with E-state index in [1.165, 1.54) is 16.2 Å². The van der Waals surface area contributed by atoms with Crippen LogP contribution in [0.2, 0.25) is 0 Å². The molecule has 0 unspecified atom stereocenters. The fraction of sp³-hybridized carbons (Fsp3) is 0.308. The number of pyridine rings is 1. The van der Waals surface area contributed by atoms with E-state index < -0.39 is 0 Å². The number of methoxy groups -OCH3 is 1. The molecule has 3 heterocycles. The Labute approximate surface area is 214 Å². The van der Waals surface area contributed by atoms with Gasteiger partial charge >= 0.3 is 0 Å². The van der Waals surface area contributed by atoms with Crippen molar-refractivity contribution in [2.24, 2.45) is 5.92 Å². The Morgan fingerprint density at radius 3 is 2.60 bits per heavy atom. The van der Waals surface area contributed by atoms with Gasteiger partial charge in [-0.25, -0.2) is 4.98 Å². The van der Waals surface area contributed by atoms with Crippen molar-refractivity contribution >= 4 is 51.7 Å². The predicted octanol–water partition coefficient (Wildman–Crippen LogP) is 4.52. The largest absolute Gasteiger partial charge is 0.497 e. The zero-order valence-electron chi connectivity index (χ0n) is 20.2. The normalized spacial score (nSPS) is 15.0. The lowest BCUT2D eigenvalue weighted by Crippen LogP contribution is -2.30. The van der Waals surface area contributed by atoms with Crippen LogP contribution in [0, 0.1) is 12.8 Å². The van der Waals surface area contributed by atoms with E-state index in [4.69, 9.17) is 17.0 Å². The summed E-state index contributed by atoms with van der Waals surface area (Å²) in [5.41, 5.74) is 2.70. The van der Waals surface area contributed by atoms with Crippen molar-refractivity contribution in [2.75, 3.05) is 25.5 Å². The Hall–Kier alpha value is -3.17. The van der Waals surface area contributed by atoms with Crippen LogP contribution in [0.25, 0.3) is 11.7 Å². The highest BCUT2D eigenvalue weighted by atomic mass is 32.2. The van der Waals surface area contributed by atoms with Crippen LogP contribution in [-0.2, 0) is 11.2 Å². The molecule has 1 aliphatic heterocycles. The molecule has 0 atom stereocenters. The van der Waals surface area contributed by atoms with Gasteiger partial charge in [-0.2, -0.15) is 0 Å². The molecular weight excluding hydrogens is 480 g/mol. The van der Waals surface area contributed by atoms with Crippen molar-refractivity contribution in [3.8, 4) is 5.75 Å². The number of rotatable bonds is 8. The molecule has 182 valence electrons. The number of thiocarbonyl (C=S) groups is 1. The Morgan fingerprint density at radius 1 is 1.17 bits per heavy atom. The summed E-state index contributed by atoms with van der Waals surface area (Å²) in [5, 5.41) is 3.28. The minimum atomic E-state index is -0.228. The van der Waals surface area contributed by atoms with Crippen LogP contribution in [0.3, 0.4) is 0 Å². The van der Waals surface area contributed by atoms with Crippen LogP contribution >= 0.6 is 24.0 Å². The molecule has 1 saturated heterocycles. The summed E-state index contributed by atoms with van der Waals surface area (Å²) >= 11 is 6.72. The van der Waals surface area contributed by atoms with Gasteiger partial charge in [0.1, 0.15) is 21.5 Å². The van der Waals surface area contributed by atoms with Gasteiger partial charge in [-0.15, -0.1) is 0 Å². The molecule has 3 aromatic rings. The molecule has 0 radical (unpaired) electrons. The van der Waals surface area contributed by atoms with E-state index in [2.05, 4.69) is 24.1 Å². The first kappa shape index (κ1) is 24.9. The zero-order valence-corrected chi connectivity index (χ0v) is 21.8. The quantitative estimate of drug-likeness (QED) is 0.354. The van der Waals surface area contributed by atoms with Gasteiger partial charge in [0.2, 0.25) is 0 Å². The van der Waals surface area contributed by atoms with Crippen LogP contribution in [0.15, 0.2) is 52.3 Å². The van der Waals surface area contributed by atoms with Gasteiger partial charge in [-0.3, -0.25) is 18.9 Å². The van der Waals surface area contributed by atoms with Gasteiger partial charge < -0.3 is 10.1 Å². The van der Waals surface area contributed by atoms with E-state index >= 15 is 0 Å². The molecule has 4 rings (SSSR count). The summed E-state index contributed by atoms with van der Waals surface area (Å²) in [4.78, 5) is 33.3. The van der Waals surface area contributed by atoms with Crippen molar-refractivity contribution < 1.29 is 9.53 Å². The molecule has 1 N–H and O–H groups in total. The maximum absolute atomic E-state index is 13.4. The maximum atomic E-state index is 13.4. The molecule has 35 heavy (non-hydrogen) atoms. The van der Waals surface area contributed by atoms with Crippen molar-refractivity contribution in [2.45, 2.75) is 27.2 Å². The molecule has 0 spiro atoms. The van der Waals surface area contributed by atoms with Gasteiger partial charge in [0.15, 0.2) is 0 Å². The third-order valence-electron chi connectivity index (χ3n) is 5.62. The van der Waals surface area contributed by atoms with E-state index in [1.54, 1.807) is 24.3 Å². The van der Waals surface area contributed by atoms with E-state index in [9.17, 15) is 9.59 Å². The van der Waals surface area contributed by atoms with Crippen molar-refractivity contribution in [1.82, 2.24) is 14.3 Å². The van der Waals surface area contributed by atoms with Crippen LogP contribution in [-0.4, -0.2) is 44.7 Å². The highest BCUT2D eigenvalue weighted by Gasteiger charge is 2.32. The first-order chi connectivity index (χ1) is 16.8. The van der Waals surface area contributed by atoms with Gasteiger partial charge in [0.25, 0.3) is 11.5 Å². The maximum Gasteiger partial charge on any atom is 0.267 e. The molecular formula is C26H28N4O3S2. The van der Waals surface area contributed by atoms with Crippen LogP contribution < -0.4 is 15.6 Å². The number of nitrogens with zero attached hydrogens (tertiary/aromatic N) is 3. The smallest absolute Gasteiger partial charge is 0.267 e. The second-order valence-electron chi connectivity index (χ2n) is 8.82. The van der Waals surface area contributed by atoms with E-state index in [0.29, 0.717) is 51.7 Å². The fourth-order valence-corrected chi connectivity index (χ4v) is 4.97. The second-order valence-corrected chi connectivity index (χ2v) is 10.5. The number of amides is 1. The molecule has 0 bridgehead atoms. The predicted molar refractivity (Wildman–Crippen MR) is 146 cm³/mol. The first-order valence-electron chi connectivity index (χ1n) is 11.4. The van der Waals surface area contributed by atoms with Crippen molar-refractivity contribution in [3.05, 3.63) is 74.5 Å². The molecule has 7 nitrogen and oxygen atoms in total. The number of anilines is 1. The third-order valence-corrected chi connectivity index (χ3v) is 6.99. The number of aromatic nitrogens is 2. The lowest BCUT2D eigenvalue weighted by atomic mass is 10.1.